The molecule has 5 rings (SSSR count). The minimum Gasteiger partial charge on any atom is -0.494 e. The fourth-order valence-corrected chi connectivity index (χ4v) is 5.13. The minimum absolute atomic E-state index is 0.0402. The van der Waals surface area contributed by atoms with Crippen LogP contribution in [0.4, 0.5) is 4.39 Å². The van der Waals surface area contributed by atoms with E-state index in [9.17, 15) is 9.18 Å². The quantitative estimate of drug-likeness (QED) is 0.0552. The summed E-state index contributed by atoms with van der Waals surface area (Å²) in [7, 11) is 0. The molecule has 4 aromatic carbocycles. The van der Waals surface area contributed by atoms with Crippen LogP contribution in [-0.4, -0.2) is 35.7 Å². The third-order valence-corrected chi connectivity index (χ3v) is 7.42. The topological polar surface area (TPSA) is 141 Å². The molecule has 0 aromatic heterocycles. The third-order valence-electron chi connectivity index (χ3n) is 7.42. The summed E-state index contributed by atoms with van der Waals surface area (Å²) < 4.78 is 25.6. The Balaban J connectivity index is 1.53. The molecule has 0 saturated carbocycles. The van der Waals surface area contributed by atoms with Crippen LogP contribution >= 0.6 is 0 Å². The summed E-state index contributed by atoms with van der Waals surface area (Å²) in [4.78, 5) is 22.3. The zero-order valence-corrected chi connectivity index (χ0v) is 24.5. The molecule has 11 heteroatoms. The molecule has 45 heavy (non-hydrogen) atoms. The number of hydrazine groups is 1. The number of hydrogen-bond donors (Lipinski definition) is 3. The molecule has 230 valence electrons. The Morgan fingerprint density at radius 3 is 2.42 bits per heavy atom. The first-order valence-corrected chi connectivity index (χ1v) is 14.5. The molecule has 0 saturated heterocycles. The molecule has 0 spiro atoms. The molecule has 4 aromatic rings. The molecule has 2 atom stereocenters. The second-order valence-corrected chi connectivity index (χ2v) is 10.5. The Hall–Kier alpha value is -5.22. The zero-order chi connectivity index (χ0) is 31.5. The van der Waals surface area contributed by atoms with Gasteiger partial charge in [-0.1, -0.05) is 71.8 Å². The van der Waals surface area contributed by atoms with Gasteiger partial charge in [0.25, 0.3) is 5.91 Å². The van der Waals surface area contributed by atoms with E-state index in [1.54, 1.807) is 24.3 Å². The van der Waals surface area contributed by atoms with Crippen molar-refractivity contribution in [2.45, 2.75) is 37.6 Å². The van der Waals surface area contributed by atoms with Gasteiger partial charge in [0.1, 0.15) is 11.6 Å². The molecular weight excluding hydrogens is 575 g/mol. The number of nitrogens with zero attached hydrogens (tertiary/aromatic N) is 4. The molecular formula is C34H33FN6O4. The number of aliphatic hydroxyl groups excluding tert-OH is 1. The van der Waals surface area contributed by atoms with E-state index in [0.717, 1.165) is 22.3 Å². The molecule has 1 aliphatic rings. The first-order valence-electron chi connectivity index (χ1n) is 14.5. The molecule has 10 nitrogen and oxygen atoms in total. The van der Waals surface area contributed by atoms with Crippen molar-refractivity contribution in [3.8, 4) is 5.75 Å². The smallest absolute Gasteiger partial charge is 0.266 e. The number of hydrogen-bond acceptors (Lipinski definition) is 7. The molecule has 0 unspecified atom stereocenters. The summed E-state index contributed by atoms with van der Waals surface area (Å²) in [5.41, 5.74) is 17.0. The van der Waals surface area contributed by atoms with E-state index in [4.69, 9.17) is 25.1 Å². The van der Waals surface area contributed by atoms with Gasteiger partial charge < -0.3 is 14.6 Å². The Morgan fingerprint density at radius 1 is 1.00 bits per heavy atom. The van der Waals surface area contributed by atoms with Crippen LogP contribution < -0.4 is 15.6 Å². The second-order valence-electron chi connectivity index (χ2n) is 10.5. The van der Waals surface area contributed by atoms with Gasteiger partial charge in [0.2, 0.25) is 5.90 Å². The number of aliphatic hydroxyl groups is 1. The molecule has 3 N–H and O–H groups in total. The number of azide groups is 1. The normalized spacial score (nSPS) is 17.1. The maximum Gasteiger partial charge on any atom is 0.266 e. The van der Waals surface area contributed by atoms with Gasteiger partial charge in [-0.3, -0.25) is 10.2 Å². The lowest BCUT2D eigenvalue weighted by atomic mass is 9.81. The van der Waals surface area contributed by atoms with Crippen LogP contribution in [0.5, 0.6) is 5.75 Å². The zero-order valence-electron chi connectivity index (χ0n) is 24.5. The molecule has 0 bridgehead atoms. The number of halogens is 1. The number of rotatable bonds is 14. The molecule has 1 aliphatic heterocycles. The van der Waals surface area contributed by atoms with E-state index in [1.165, 1.54) is 12.1 Å². The van der Waals surface area contributed by atoms with E-state index < -0.39 is 17.6 Å². The van der Waals surface area contributed by atoms with E-state index in [2.05, 4.69) is 20.9 Å². The fraction of sp³-hybridized carbons (Fsp3) is 0.235. The monoisotopic (exact) mass is 608 g/mol. The van der Waals surface area contributed by atoms with Gasteiger partial charge in [-0.15, -0.1) is 0 Å². The number of carbonyl (C=O) groups excluding carboxylic acids is 1. The van der Waals surface area contributed by atoms with Gasteiger partial charge in [-0.25, -0.2) is 14.8 Å². The first-order chi connectivity index (χ1) is 22.0. The van der Waals surface area contributed by atoms with E-state index >= 15 is 0 Å². The Morgan fingerprint density at radius 2 is 1.71 bits per heavy atom. The lowest BCUT2D eigenvalue weighted by Crippen LogP contribution is -2.53. The van der Waals surface area contributed by atoms with E-state index in [0.29, 0.717) is 24.3 Å². The highest BCUT2D eigenvalue weighted by Gasteiger charge is 2.53. The molecule has 0 fully saturated rings. The second kappa shape index (κ2) is 15.0. The number of nitrogens with one attached hydrogen (secondary N) is 2. The van der Waals surface area contributed by atoms with Gasteiger partial charge in [-0.05, 0) is 64.2 Å². The summed E-state index contributed by atoms with van der Waals surface area (Å²) >= 11 is 0. The van der Waals surface area contributed by atoms with Gasteiger partial charge in [0.15, 0.2) is 11.6 Å². The van der Waals surface area contributed by atoms with E-state index in [-0.39, 0.29) is 37.8 Å². The van der Waals surface area contributed by atoms with Crippen LogP contribution in [0.3, 0.4) is 0 Å². The maximum absolute atomic E-state index is 14.4. The summed E-state index contributed by atoms with van der Waals surface area (Å²) in [6.07, 6.45) is -0.154. The van der Waals surface area contributed by atoms with Gasteiger partial charge in [0, 0.05) is 36.5 Å². The van der Waals surface area contributed by atoms with Crippen LogP contribution in [0.1, 0.15) is 40.3 Å². The highest BCUT2D eigenvalue weighted by Crippen LogP contribution is 2.43. The predicted octanol–water partition coefficient (Wildman–Crippen LogP) is 5.72. The van der Waals surface area contributed by atoms with Gasteiger partial charge in [-0.2, -0.15) is 0 Å². The predicted molar refractivity (Wildman–Crippen MR) is 168 cm³/mol. The van der Waals surface area contributed by atoms with Gasteiger partial charge in [0.05, 0.1) is 13.2 Å². The largest absolute Gasteiger partial charge is 0.494 e. The molecule has 0 aliphatic carbocycles. The minimum atomic E-state index is -1.48. The highest BCUT2D eigenvalue weighted by molar-refractivity contribution is 6.01. The average Bonchev–Trinajstić information content (AvgIpc) is 3.46. The summed E-state index contributed by atoms with van der Waals surface area (Å²) in [6, 6.07) is 30.1. The Kier molecular flexibility index (Phi) is 10.4. The Bertz CT molecular complexity index is 1660. The lowest BCUT2D eigenvalue weighted by Gasteiger charge is -2.31. The fourth-order valence-electron chi connectivity index (χ4n) is 5.13. The van der Waals surface area contributed by atoms with Crippen LogP contribution in [0.2, 0.25) is 0 Å². The molecule has 1 amide bonds. The average molecular weight is 609 g/mol. The van der Waals surface area contributed by atoms with Crippen LogP contribution in [0.15, 0.2) is 113 Å². The van der Waals surface area contributed by atoms with Crippen molar-refractivity contribution in [2.75, 3.05) is 13.2 Å². The number of amides is 1. The first kappa shape index (κ1) is 31.2. The van der Waals surface area contributed by atoms with Crippen molar-refractivity contribution in [2.24, 2.45) is 10.1 Å². The molecule has 1 heterocycles. The van der Waals surface area contributed by atoms with Crippen molar-refractivity contribution >= 4 is 11.8 Å². The van der Waals surface area contributed by atoms with Crippen LogP contribution in [0.25, 0.3) is 10.4 Å². The summed E-state index contributed by atoms with van der Waals surface area (Å²) in [5, 5.41) is 12.8. The lowest BCUT2D eigenvalue weighted by molar-refractivity contribution is -0.130. The maximum atomic E-state index is 14.4. The summed E-state index contributed by atoms with van der Waals surface area (Å²) in [5.74, 6) is 0.135. The van der Waals surface area contributed by atoms with Crippen molar-refractivity contribution in [3.63, 3.8) is 0 Å². The van der Waals surface area contributed by atoms with Crippen molar-refractivity contribution < 1.29 is 23.8 Å². The molecule has 0 radical (unpaired) electrons. The number of benzene rings is 4. The highest BCUT2D eigenvalue weighted by atomic mass is 19.1. The van der Waals surface area contributed by atoms with Crippen molar-refractivity contribution in [1.82, 2.24) is 10.9 Å². The van der Waals surface area contributed by atoms with E-state index in [1.807, 2.05) is 66.7 Å². The SMILES string of the molecule is [N-]=[N+]=NCc1ccccc1C[C@]1(C(=O)NNCc2ccc(F)cc2)N=C(c2ccc(OCCCO)cc2)O[C@H]1c1ccccc1. The van der Waals surface area contributed by atoms with Crippen molar-refractivity contribution in [1.29, 1.82) is 0 Å². The van der Waals surface area contributed by atoms with Gasteiger partial charge >= 0.3 is 0 Å². The number of carbonyl (C=O) groups is 1. The number of ether oxygens (including phenoxy) is 2. The number of aliphatic imine (C=N–C) groups is 1. The Labute approximate surface area is 260 Å². The van der Waals surface area contributed by atoms with Crippen LogP contribution in [0, 0.1) is 5.82 Å². The van der Waals surface area contributed by atoms with Crippen LogP contribution in [-0.2, 0) is 29.0 Å². The standard InChI is InChI=1S/C34H33FN6O4/c35-29-15-11-24(12-16-29)22-37-40-33(43)34(21-27-9-4-5-10-28(27)23-38-41-36)31(25-7-2-1-3-8-25)45-32(39-34)26-13-17-30(18-14-26)44-20-6-19-42/h1-5,7-18,31,37,42H,6,19-23H2,(H,40,43)/t31-,34-/m0/s1. The third kappa shape index (κ3) is 7.66. The summed E-state index contributed by atoms with van der Waals surface area (Å²) in [6.45, 7) is 0.782. The van der Waals surface area contributed by atoms with Crippen molar-refractivity contribution in [3.05, 3.63) is 147 Å².